The highest BCUT2D eigenvalue weighted by molar-refractivity contribution is 6.14. The smallest absolute Gasteiger partial charge is 0.325 e. The number of rotatable bonds is 22. The van der Waals surface area contributed by atoms with E-state index >= 15 is 0 Å². The van der Waals surface area contributed by atoms with Gasteiger partial charge in [0.2, 0.25) is 29.6 Å². The summed E-state index contributed by atoms with van der Waals surface area (Å²) in [5.41, 5.74) is 16.5. The molecule has 29 nitrogen and oxygen atoms in total. The van der Waals surface area contributed by atoms with Crippen LogP contribution in [-0.2, 0) is 48.0 Å². The molecule has 12 rings (SSSR count). The Hall–Kier alpha value is -12.2. The van der Waals surface area contributed by atoms with Gasteiger partial charge in [-0.15, -0.1) is 0 Å². The lowest BCUT2D eigenvalue weighted by molar-refractivity contribution is -0.156. The Morgan fingerprint density at radius 2 is 0.858 bits per heavy atom. The summed E-state index contributed by atoms with van der Waals surface area (Å²) in [4.78, 5) is 160. The molecule has 3 saturated heterocycles. The number of anilines is 6. The predicted octanol–water partition coefficient (Wildman–Crippen LogP) is 8.31. The highest BCUT2D eigenvalue weighted by Crippen LogP contribution is 2.38. The summed E-state index contributed by atoms with van der Waals surface area (Å²) in [5, 5.41) is 11.9. The van der Waals surface area contributed by atoms with Crippen molar-refractivity contribution in [3.8, 4) is 0 Å². The average Bonchev–Trinajstić information content (AvgIpc) is 0.754. The highest BCUT2D eigenvalue weighted by atomic mass is 16.2. The fourth-order valence-corrected chi connectivity index (χ4v) is 13.9. The number of nitrogens with zero attached hydrogens (tertiary/aromatic N) is 14. The Labute approximate surface area is 615 Å². The summed E-state index contributed by atoms with van der Waals surface area (Å²) in [6.07, 6.45) is 19.0. The number of hydrogen-bond acceptors (Lipinski definition) is 20. The van der Waals surface area contributed by atoms with Crippen molar-refractivity contribution in [2.75, 3.05) is 59.7 Å². The molecule has 0 bridgehead atoms. The van der Waals surface area contributed by atoms with Crippen molar-refractivity contribution in [2.45, 2.75) is 128 Å². The van der Waals surface area contributed by atoms with Crippen LogP contribution in [0.4, 0.5) is 49.4 Å². The second kappa shape index (κ2) is 35.8. The first-order chi connectivity index (χ1) is 51.2. The van der Waals surface area contributed by atoms with Gasteiger partial charge < -0.3 is 37.6 Å². The minimum atomic E-state index is -1.04. The molecule has 106 heavy (non-hydrogen) atoms. The maximum atomic E-state index is 13.7. The number of β-lactam (4-membered cyclic amide) rings is 3. The van der Waals surface area contributed by atoms with Gasteiger partial charge in [0.1, 0.15) is 48.2 Å². The molecule has 8 N–H and O–H groups in total. The fourth-order valence-electron chi connectivity index (χ4n) is 13.9. The van der Waals surface area contributed by atoms with Crippen LogP contribution in [0.15, 0.2) is 177 Å². The molecule has 1 saturated carbocycles. The Balaban J connectivity index is 0.000000170. The molecule has 8 aromatic rings. The lowest BCUT2D eigenvalue weighted by Crippen LogP contribution is -2.71. The van der Waals surface area contributed by atoms with Gasteiger partial charge in [-0.3, -0.25) is 53.3 Å². The standard InChI is InChI=1S/C28H37N5O3.C25H27N7O3.C24H26N8O3/c1-4-23(20-11-7-5-8-12-20)31-28(36)33-25(27(35)32(3)21-13-9-6-10-14-21)22(26(33)34)17-19-15-16-30-24(18-19)29-2;1-3-19(17-8-5-4-6-9-17)30-25(35)32-21(23(34)31(2)24-28-11-7-12-29-24)18(22(32)33)14-16-10-13-27-20(26)15-16;1-3-18(16-7-5-4-6-8-16)30-24(35)32-20(22(34)31(2)23-28-13-26-14-29-23)17(21(32)33)11-15-9-10-27-19(25)12-15/h6,9-10,13-16,18,20,22-23,25H,4-5,7-8,11-12,17H2,1-3H3,(H,29,30)(H,31,36);4-13,15,18-19,21H,3,14H2,1-2H3,(H2,26,27)(H,30,35);4-10,12-14,17-18,20H,3,11H2,1-2H3,(H2,25,27)(H,30,35)/t22-,23-,25+;18-,19-,21+;17-,18-,20+/m111/s1. The zero-order chi connectivity index (χ0) is 75.6. The van der Waals surface area contributed by atoms with Crippen molar-refractivity contribution in [1.82, 2.24) is 70.5 Å². The van der Waals surface area contributed by atoms with E-state index < -0.39 is 77.6 Å². The Morgan fingerprint density at radius 3 is 1.27 bits per heavy atom. The third-order valence-corrected chi connectivity index (χ3v) is 19.7. The van der Waals surface area contributed by atoms with Crippen molar-refractivity contribution >= 4 is 88.6 Å². The molecule has 8 heterocycles. The third kappa shape index (κ3) is 17.9. The summed E-state index contributed by atoms with van der Waals surface area (Å²) < 4.78 is 0. The molecular formula is C77H90N20O9. The number of benzene rings is 3. The lowest BCUT2D eigenvalue weighted by atomic mass is 9.81. The van der Waals surface area contributed by atoms with Crippen molar-refractivity contribution in [3.63, 3.8) is 0 Å². The molecule has 3 aromatic carbocycles. The van der Waals surface area contributed by atoms with E-state index in [1.165, 1.54) is 79.3 Å². The molecule has 4 fully saturated rings. The zero-order valence-electron chi connectivity index (χ0n) is 60.4. The van der Waals surface area contributed by atoms with Crippen molar-refractivity contribution in [2.24, 2.45) is 23.7 Å². The summed E-state index contributed by atoms with van der Waals surface area (Å²) in [7, 11) is 6.49. The van der Waals surface area contributed by atoms with Crippen LogP contribution < -0.4 is 47.4 Å². The van der Waals surface area contributed by atoms with Gasteiger partial charge in [0.15, 0.2) is 0 Å². The van der Waals surface area contributed by atoms with Gasteiger partial charge >= 0.3 is 18.1 Å². The van der Waals surface area contributed by atoms with E-state index in [2.05, 4.69) is 68.1 Å². The third-order valence-electron chi connectivity index (χ3n) is 19.7. The van der Waals surface area contributed by atoms with E-state index in [4.69, 9.17) is 11.5 Å². The highest BCUT2D eigenvalue weighted by Gasteiger charge is 2.58. The van der Waals surface area contributed by atoms with Crippen molar-refractivity contribution in [1.29, 1.82) is 0 Å². The van der Waals surface area contributed by atoms with Gasteiger partial charge in [0.05, 0.1) is 29.8 Å². The molecule has 29 heteroatoms. The number of likely N-dealkylation sites (N-methyl/N-ethyl adjacent to an activating group) is 3. The number of nitrogens with one attached hydrogen (secondary N) is 4. The number of carbonyl (C=O) groups is 9. The SMILES string of the molecule is CC[C@@H](NC(=O)N1C(=O)[C@H](Cc2ccnc(N)c2)[C@H]1C(=O)N(C)c1ncccn1)c1ccccc1.CC[C@@H](NC(=O)N1C(=O)[C@H](Cc2ccnc(N)c2)[C@H]1C(=O)N(C)c1ncncn1)c1ccccc1.CC[C@@H](NC(=O)N1C(=O)[C@H](Cc2ccnc(NC)c2)[C@H]1C(=O)N(C)c1ccccc1)C1CCCCC1. The monoisotopic (exact) mass is 1440 g/mol. The number of nitrogens with two attached hydrogens (primary N) is 2. The second-order valence-electron chi connectivity index (χ2n) is 26.4. The number of hydrogen-bond donors (Lipinski definition) is 6. The summed E-state index contributed by atoms with van der Waals surface area (Å²) in [6, 6.07) is 35.1. The number of aromatic nitrogens is 8. The number of amides is 12. The molecule has 12 amide bonds. The summed E-state index contributed by atoms with van der Waals surface area (Å²) in [5.74, 6) is -2.46. The largest absolute Gasteiger partial charge is 0.384 e. The molecule has 3 aliphatic heterocycles. The van der Waals surface area contributed by atoms with E-state index in [0.717, 1.165) is 67.5 Å². The van der Waals surface area contributed by atoms with Crippen LogP contribution in [0.5, 0.6) is 0 Å². The van der Waals surface area contributed by atoms with Gasteiger partial charge in [-0.2, -0.15) is 0 Å². The minimum absolute atomic E-state index is 0.00522. The number of imide groups is 3. The quantitative estimate of drug-likeness (QED) is 0.0347. The van der Waals surface area contributed by atoms with Crippen LogP contribution in [0.1, 0.15) is 112 Å². The Kier molecular flexibility index (Phi) is 25.8. The van der Waals surface area contributed by atoms with Crippen molar-refractivity contribution < 1.29 is 43.2 Å². The summed E-state index contributed by atoms with van der Waals surface area (Å²) >= 11 is 0. The molecule has 0 spiro atoms. The molecule has 1 aliphatic carbocycles. The van der Waals surface area contributed by atoms with E-state index in [-0.39, 0.29) is 54.7 Å². The maximum Gasteiger partial charge on any atom is 0.325 e. The number of carbonyl (C=O) groups excluding carboxylic acids is 9. The molecule has 552 valence electrons. The Morgan fingerprint density at radius 1 is 0.462 bits per heavy atom. The average molecular weight is 1440 g/mol. The van der Waals surface area contributed by atoms with Crippen LogP contribution in [0.25, 0.3) is 0 Å². The molecule has 0 unspecified atom stereocenters. The van der Waals surface area contributed by atoms with E-state index in [9.17, 15) is 43.2 Å². The topological polar surface area (TPSA) is 376 Å². The second-order valence-corrected chi connectivity index (χ2v) is 26.4. The zero-order valence-corrected chi connectivity index (χ0v) is 60.4. The van der Waals surface area contributed by atoms with Gasteiger partial charge in [0, 0.05) is 70.9 Å². The van der Waals surface area contributed by atoms with Crippen LogP contribution in [-0.4, -0.2) is 160 Å². The molecular weight excluding hydrogens is 1350 g/mol. The maximum absolute atomic E-state index is 13.7. The Bertz CT molecular complexity index is 4170. The fraction of sp³-hybridized carbons (Fsp3) is 0.364. The van der Waals surface area contributed by atoms with E-state index in [1.807, 2.05) is 117 Å². The lowest BCUT2D eigenvalue weighted by Gasteiger charge is -2.46. The van der Waals surface area contributed by atoms with E-state index in [0.29, 0.717) is 42.6 Å². The first kappa shape index (κ1) is 76.5. The van der Waals surface area contributed by atoms with Gasteiger partial charge in [-0.1, -0.05) is 119 Å². The number of likely N-dealkylation sites (tertiary alicyclic amines) is 3. The number of urea groups is 3. The van der Waals surface area contributed by atoms with Gasteiger partial charge in [-0.05, 0) is 140 Å². The first-order valence-corrected chi connectivity index (χ1v) is 35.6. The van der Waals surface area contributed by atoms with E-state index in [1.54, 1.807) is 56.8 Å². The van der Waals surface area contributed by atoms with Crippen LogP contribution in [0.2, 0.25) is 0 Å². The van der Waals surface area contributed by atoms with Crippen molar-refractivity contribution in [3.05, 3.63) is 205 Å². The molecule has 0 radical (unpaired) electrons. The van der Waals surface area contributed by atoms with Crippen LogP contribution in [0.3, 0.4) is 0 Å². The minimum Gasteiger partial charge on any atom is -0.384 e. The molecule has 4 aliphatic rings. The van der Waals surface area contributed by atoms with Gasteiger partial charge in [0.25, 0.3) is 17.7 Å². The molecule has 9 atom stereocenters. The first-order valence-electron chi connectivity index (χ1n) is 35.6. The van der Waals surface area contributed by atoms with Crippen LogP contribution >= 0.6 is 0 Å². The van der Waals surface area contributed by atoms with Crippen LogP contribution in [0, 0.1) is 23.7 Å². The summed E-state index contributed by atoms with van der Waals surface area (Å²) in [6.45, 7) is 5.94. The van der Waals surface area contributed by atoms with Gasteiger partial charge in [-0.25, -0.2) is 54.3 Å². The number of nitrogen functional groups attached to an aromatic ring is 2. The predicted molar refractivity (Wildman–Crippen MR) is 398 cm³/mol. The molecule has 5 aromatic heterocycles. The number of para-hydroxylation sites is 1. The number of pyridine rings is 3. The normalized spacial score (nSPS) is 18.9.